The van der Waals surface area contributed by atoms with Gasteiger partial charge in [-0.15, -0.1) is 0 Å². The molecule has 1 aliphatic rings. The Morgan fingerprint density at radius 2 is 1.93 bits per heavy atom. The first-order chi connectivity index (χ1) is 19.5. The minimum Gasteiger partial charge on any atom is -0.492 e. The molecule has 0 fully saturated rings. The summed E-state index contributed by atoms with van der Waals surface area (Å²) in [6.07, 6.45) is -2.42. The van der Waals surface area contributed by atoms with E-state index in [1.807, 2.05) is 27.8 Å². The predicted molar refractivity (Wildman–Crippen MR) is 149 cm³/mol. The van der Waals surface area contributed by atoms with Gasteiger partial charge in [-0.1, -0.05) is 13.0 Å². The molecule has 0 bridgehead atoms. The van der Waals surface area contributed by atoms with Crippen molar-refractivity contribution in [3.8, 4) is 22.9 Å². The number of benzene rings is 1. The largest absolute Gasteiger partial charge is 0.492 e. The van der Waals surface area contributed by atoms with Crippen molar-refractivity contribution in [2.45, 2.75) is 45.8 Å². The van der Waals surface area contributed by atoms with Crippen LogP contribution in [0.25, 0.3) is 11.1 Å². The first kappa shape index (κ1) is 29.8. The van der Waals surface area contributed by atoms with E-state index in [-0.39, 0.29) is 23.8 Å². The van der Waals surface area contributed by atoms with E-state index in [1.54, 1.807) is 23.1 Å². The Morgan fingerprint density at radius 1 is 1.20 bits per heavy atom. The lowest BCUT2D eigenvalue weighted by Crippen LogP contribution is -2.40. The molecule has 3 aromatic rings. The van der Waals surface area contributed by atoms with E-state index in [2.05, 4.69) is 20.9 Å². The number of pyridine rings is 2. The highest BCUT2D eigenvalue weighted by Gasteiger charge is 2.38. The second-order valence-corrected chi connectivity index (χ2v) is 10.0. The zero-order chi connectivity index (χ0) is 29.9. The maximum absolute atomic E-state index is 14.1. The number of hydrogen-bond donors (Lipinski definition) is 1. The van der Waals surface area contributed by atoms with Crippen molar-refractivity contribution in [3.63, 3.8) is 0 Å². The summed E-state index contributed by atoms with van der Waals surface area (Å²) in [6, 6.07) is 9.46. The first-order valence-electron chi connectivity index (χ1n) is 13.5. The van der Waals surface area contributed by atoms with Crippen LogP contribution >= 0.6 is 0 Å². The van der Waals surface area contributed by atoms with Gasteiger partial charge >= 0.3 is 6.18 Å². The molecule has 11 heteroatoms. The van der Waals surface area contributed by atoms with Gasteiger partial charge in [0, 0.05) is 36.5 Å². The van der Waals surface area contributed by atoms with E-state index in [4.69, 9.17) is 10.5 Å². The van der Waals surface area contributed by atoms with Crippen molar-refractivity contribution in [1.29, 1.82) is 5.26 Å². The Kier molecular flexibility index (Phi) is 8.83. The fraction of sp³-hybridized carbons (Fsp3) is 0.400. The third-order valence-corrected chi connectivity index (χ3v) is 7.40. The van der Waals surface area contributed by atoms with Gasteiger partial charge in [0.25, 0.3) is 5.91 Å². The highest BCUT2D eigenvalue weighted by atomic mass is 19.4. The molecule has 2 aromatic heterocycles. The molecule has 1 aromatic carbocycles. The summed E-state index contributed by atoms with van der Waals surface area (Å²) in [7, 11) is 1.96. The van der Waals surface area contributed by atoms with Gasteiger partial charge in [0.1, 0.15) is 23.2 Å². The van der Waals surface area contributed by atoms with E-state index in [1.165, 1.54) is 18.3 Å². The standard InChI is InChI=1S/C30H33F3N6O2/c1-5-38(4)11-9-19-13-23(22-7-8-27(35)37-28(22)30(31,32)33)21-10-12-39(29(40)24(21)14-19)18(3)25-15-26(41-6-2)20(16-34)17-36-25/h7-8,13-15,17-18H,5-6,9-12H2,1-4H3,(H2,35,37)/t18-/m1/s1. The van der Waals surface area contributed by atoms with Crippen LogP contribution in [0.1, 0.15) is 65.2 Å². The quantitative estimate of drug-likeness (QED) is 0.376. The van der Waals surface area contributed by atoms with Crippen LogP contribution in [-0.4, -0.2) is 59.0 Å². The topological polar surface area (TPSA) is 108 Å². The number of ether oxygens (including phenoxy) is 1. The third kappa shape index (κ3) is 6.28. The van der Waals surface area contributed by atoms with Crippen LogP contribution < -0.4 is 10.5 Å². The summed E-state index contributed by atoms with van der Waals surface area (Å²) in [5.41, 5.74) is 7.30. The van der Waals surface area contributed by atoms with E-state index in [0.29, 0.717) is 59.7 Å². The molecule has 1 amide bonds. The van der Waals surface area contributed by atoms with Crippen LogP contribution in [0.2, 0.25) is 0 Å². The summed E-state index contributed by atoms with van der Waals surface area (Å²) in [5, 5.41) is 9.38. The number of rotatable bonds is 9. The number of hydrogen-bond acceptors (Lipinski definition) is 7. The number of nitrogen functional groups attached to an aromatic ring is 1. The lowest BCUT2D eigenvalue weighted by Gasteiger charge is -2.35. The second kappa shape index (κ2) is 12.1. The minimum absolute atomic E-state index is 0.0990. The number of likely N-dealkylation sites (N-methyl/N-ethyl adjacent to an activating group) is 1. The number of carbonyl (C=O) groups is 1. The molecule has 1 aliphatic heterocycles. The monoisotopic (exact) mass is 566 g/mol. The van der Waals surface area contributed by atoms with Crippen LogP contribution in [0.5, 0.6) is 5.75 Å². The van der Waals surface area contributed by atoms with Gasteiger partial charge in [-0.2, -0.15) is 18.4 Å². The Bertz CT molecular complexity index is 1480. The molecule has 0 unspecified atom stereocenters. The van der Waals surface area contributed by atoms with Crippen molar-refractivity contribution < 1.29 is 22.7 Å². The summed E-state index contributed by atoms with van der Waals surface area (Å²) < 4.78 is 47.8. The number of alkyl halides is 3. The lowest BCUT2D eigenvalue weighted by molar-refractivity contribution is -0.140. The average Bonchev–Trinajstić information content (AvgIpc) is 2.95. The Labute approximate surface area is 237 Å². The third-order valence-electron chi connectivity index (χ3n) is 7.40. The van der Waals surface area contributed by atoms with Crippen LogP contribution in [0, 0.1) is 11.3 Å². The van der Waals surface area contributed by atoms with Crippen molar-refractivity contribution >= 4 is 11.7 Å². The fourth-order valence-electron chi connectivity index (χ4n) is 5.02. The van der Waals surface area contributed by atoms with Gasteiger partial charge in [-0.3, -0.25) is 9.78 Å². The normalized spacial score (nSPS) is 14.1. The number of amides is 1. The van der Waals surface area contributed by atoms with E-state index < -0.39 is 17.9 Å². The van der Waals surface area contributed by atoms with Crippen molar-refractivity contribution in [3.05, 3.63) is 70.2 Å². The number of aromatic nitrogens is 2. The second-order valence-electron chi connectivity index (χ2n) is 10.0. The molecular weight excluding hydrogens is 533 g/mol. The number of nitriles is 1. The number of nitrogens with two attached hydrogens (primary N) is 1. The molecule has 0 aliphatic carbocycles. The molecule has 4 rings (SSSR count). The number of nitrogens with zero attached hydrogens (tertiary/aromatic N) is 5. The Balaban J connectivity index is 1.80. The molecule has 0 saturated carbocycles. The van der Waals surface area contributed by atoms with Crippen LogP contribution in [0.4, 0.5) is 19.0 Å². The highest BCUT2D eigenvalue weighted by molar-refractivity contribution is 5.99. The smallest absolute Gasteiger partial charge is 0.434 e. The maximum Gasteiger partial charge on any atom is 0.434 e. The number of halogens is 3. The summed E-state index contributed by atoms with van der Waals surface area (Å²) >= 11 is 0. The lowest BCUT2D eigenvalue weighted by atomic mass is 9.86. The van der Waals surface area contributed by atoms with Crippen LogP contribution in [-0.2, 0) is 19.0 Å². The van der Waals surface area contributed by atoms with Crippen LogP contribution in [0.15, 0.2) is 36.5 Å². The van der Waals surface area contributed by atoms with E-state index >= 15 is 0 Å². The molecule has 3 heterocycles. The van der Waals surface area contributed by atoms with Gasteiger partial charge in [0.2, 0.25) is 0 Å². The molecule has 0 radical (unpaired) electrons. The molecule has 0 spiro atoms. The van der Waals surface area contributed by atoms with Crippen molar-refractivity contribution in [1.82, 2.24) is 19.8 Å². The number of fused-ring (bicyclic) bond motifs is 1. The summed E-state index contributed by atoms with van der Waals surface area (Å²) in [5.74, 6) is -0.142. The van der Waals surface area contributed by atoms with E-state index in [9.17, 15) is 23.2 Å². The first-order valence-corrected chi connectivity index (χ1v) is 13.5. The number of carbonyl (C=O) groups excluding carboxylic acids is 1. The zero-order valence-corrected chi connectivity index (χ0v) is 23.5. The predicted octanol–water partition coefficient (Wildman–Crippen LogP) is 5.27. The van der Waals surface area contributed by atoms with Gasteiger partial charge in [0.15, 0.2) is 5.69 Å². The average molecular weight is 567 g/mol. The van der Waals surface area contributed by atoms with Crippen molar-refractivity contribution in [2.24, 2.45) is 0 Å². The molecule has 0 saturated heterocycles. The minimum atomic E-state index is -4.73. The summed E-state index contributed by atoms with van der Waals surface area (Å²) in [4.78, 5) is 25.8. The van der Waals surface area contributed by atoms with Crippen molar-refractivity contribution in [2.75, 3.05) is 39.0 Å². The highest BCUT2D eigenvalue weighted by Crippen LogP contribution is 2.41. The molecule has 1 atom stereocenters. The number of anilines is 1. The Hall–Kier alpha value is -4.17. The fourth-order valence-corrected chi connectivity index (χ4v) is 5.02. The zero-order valence-electron chi connectivity index (χ0n) is 23.5. The molecule has 2 N–H and O–H groups in total. The Morgan fingerprint density at radius 3 is 2.59 bits per heavy atom. The van der Waals surface area contributed by atoms with E-state index in [0.717, 1.165) is 12.1 Å². The SMILES string of the molecule is CCOc1cc([C@@H](C)N2CCc3c(cc(CCN(C)CC)cc3-c3ccc(N)nc3C(F)(F)F)C2=O)ncc1C#N. The molecular formula is C30H33F3N6O2. The molecule has 41 heavy (non-hydrogen) atoms. The van der Waals surface area contributed by atoms with Gasteiger partial charge in [-0.25, -0.2) is 4.98 Å². The maximum atomic E-state index is 14.1. The molecule has 216 valence electrons. The molecule has 8 nitrogen and oxygen atoms in total. The van der Waals surface area contributed by atoms with Gasteiger partial charge in [0.05, 0.1) is 18.3 Å². The van der Waals surface area contributed by atoms with Gasteiger partial charge < -0.3 is 20.3 Å². The van der Waals surface area contributed by atoms with Gasteiger partial charge in [-0.05, 0) is 75.2 Å². The van der Waals surface area contributed by atoms with Crippen LogP contribution in [0.3, 0.4) is 0 Å². The summed E-state index contributed by atoms with van der Waals surface area (Å²) in [6.45, 7) is 7.77.